The van der Waals surface area contributed by atoms with Crippen molar-refractivity contribution in [2.75, 3.05) is 5.75 Å². The molecule has 0 fully saturated rings. The van der Waals surface area contributed by atoms with E-state index in [0.717, 1.165) is 18.6 Å². The second-order valence-electron chi connectivity index (χ2n) is 9.43. The lowest BCUT2D eigenvalue weighted by molar-refractivity contribution is -0.272. The smallest absolute Gasteiger partial charge is 0.336 e. The third-order valence-corrected chi connectivity index (χ3v) is 5.97. The Morgan fingerprint density at radius 2 is 1.56 bits per heavy atom. The fraction of sp³-hybridized carbons (Fsp3) is 0.696. The molecule has 0 aliphatic rings. The molecule has 0 radical (unpaired) electrons. The highest BCUT2D eigenvalue weighted by atomic mass is 32.2. The lowest BCUT2D eigenvalue weighted by Crippen LogP contribution is -2.24. The van der Waals surface area contributed by atoms with Gasteiger partial charge >= 0.3 is 5.97 Å². The summed E-state index contributed by atoms with van der Waals surface area (Å²) < 4.78 is 0. The number of thioether (sulfide) groups is 1. The predicted octanol–water partition coefficient (Wildman–Crippen LogP) is 6.51. The molecule has 0 spiro atoms. The minimum absolute atomic E-state index is 0.00504. The molecule has 0 saturated carbocycles. The van der Waals surface area contributed by atoms with Crippen LogP contribution in [0.3, 0.4) is 0 Å². The number of carboxylic acid groups (broad SMARTS) is 1. The van der Waals surface area contributed by atoms with Gasteiger partial charge in [0.1, 0.15) is 0 Å². The Labute approximate surface area is 170 Å². The first-order valence-corrected chi connectivity index (χ1v) is 11.1. The van der Waals surface area contributed by atoms with Crippen LogP contribution in [0.25, 0.3) is 0 Å². The summed E-state index contributed by atoms with van der Waals surface area (Å²) >= 11 is 1.55. The lowest BCUT2D eigenvalue weighted by Gasteiger charge is -2.35. The zero-order chi connectivity index (χ0) is 20.8. The van der Waals surface area contributed by atoms with Crippen molar-refractivity contribution in [3.8, 4) is 5.75 Å². The molecule has 0 aromatic heterocycles. The van der Waals surface area contributed by atoms with E-state index in [9.17, 15) is 15.0 Å². The fourth-order valence-electron chi connectivity index (χ4n) is 3.25. The first kappa shape index (κ1) is 23.9. The molecular weight excluding hydrogens is 356 g/mol. The Kier molecular flexibility index (Phi) is 8.72. The summed E-state index contributed by atoms with van der Waals surface area (Å²) in [5, 5.41) is 23.1. The molecule has 27 heavy (non-hydrogen) atoms. The summed E-state index contributed by atoms with van der Waals surface area (Å²) in [7, 11) is 0. The van der Waals surface area contributed by atoms with Gasteiger partial charge in [-0.15, -0.1) is 17.5 Å². The summed E-state index contributed by atoms with van der Waals surface area (Å²) in [4.78, 5) is 12.7. The van der Waals surface area contributed by atoms with Gasteiger partial charge < -0.3 is 10.2 Å². The molecule has 0 heterocycles. The molecule has 1 N–H and O–H groups in total. The Morgan fingerprint density at radius 1 is 1.00 bits per heavy atom. The van der Waals surface area contributed by atoms with Gasteiger partial charge in [-0.05, 0) is 40.2 Å². The summed E-state index contributed by atoms with van der Waals surface area (Å²) in [6.45, 7) is 14.1. The van der Waals surface area contributed by atoms with Crippen molar-refractivity contribution in [1.29, 1.82) is 0 Å². The SMILES string of the molecule is CCCCCCCCSc1c(C(=O)O)cc(C(C)(C)C)c([O-])c1C(C)(C)C. The van der Waals surface area contributed by atoms with Crippen LogP contribution in [0.4, 0.5) is 0 Å². The maximum atomic E-state index is 13.3. The normalized spacial score (nSPS) is 12.4. The van der Waals surface area contributed by atoms with E-state index in [-0.39, 0.29) is 16.7 Å². The first-order chi connectivity index (χ1) is 12.4. The summed E-state index contributed by atoms with van der Waals surface area (Å²) in [5.41, 5.74) is 0.743. The molecule has 3 nitrogen and oxygen atoms in total. The minimum Gasteiger partial charge on any atom is -0.872 e. The van der Waals surface area contributed by atoms with Gasteiger partial charge in [-0.3, -0.25) is 0 Å². The lowest BCUT2D eigenvalue weighted by atomic mass is 9.78. The van der Waals surface area contributed by atoms with Crippen molar-refractivity contribution in [2.24, 2.45) is 0 Å². The number of benzene rings is 1. The van der Waals surface area contributed by atoms with Crippen molar-refractivity contribution < 1.29 is 15.0 Å². The zero-order valence-electron chi connectivity index (χ0n) is 18.2. The average molecular weight is 394 g/mol. The van der Waals surface area contributed by atoms with Crippen LogP contribution in [0.1, 0.15) is 108 Å². The van der Waals surface area contributed by atoms with Crippen LogP contribution < -0.4 is 5.11 Å². The third-order valence-electron chi connectivity index (χ3n) is 4.76. The van der Waals surface area contributed by atoms with Gasteiger partial charge in [-0.1, -0.05) is 80.6 Å². The molecule has 0 aliphatic carbocycles. The monoisotopic (exact) mass is 393 g/mol. The van der Waals surface area contributed by atoms with Crippen molar-refractivity contribution in [3.63, 3.8) is 0 Å². The molecule has 1 aromatic rings. The number of rotatable bonds is 9. The van der Waals surface area contributed by atoms with Gasteiger partial charge in [0, 0.05) is 4.90 Å². The van der Waals surface area contributed by atoms with E-state index in [1.54, 1.807) is 17.8 Å². The summed E-state index contributed by atoms with van der Waals surface area (Å²) in [6, 6.07) is 1.61. The number of carbonyl (C=O) groups is 1. The molecule has 4 heteroatoms. The third kappa shape index (κ3) is 6.74. The van der Waals surface area contributed by atoms with Crippen LogP contribution in [-0.2, 0) is 10.8 Å². The largest absolute Gasteiger partial charge is 0.872 e. The summed E-state index contributed by atoms with van der Waals surface area (Å²) in [6.07, 6.45) is 7.20. The Balaban J connectivity index is 3.21. The highest BCUT2D eigenvalue weighted by Gasteiger charge is 2.28. The zero-order valence-corrected chi connectivity index (χ0v) is 19.0. The van der Waals surface area contributed by atoms with Crippen LogP contribution in [-0.4, -0.2) is 16.8 Å². The fourth-order valence-corrected chi connectivity index (χ4v) is 4.65. The minimum atomic E-state index is -0.948. The van der Waals surface area contributed by atoms with Crippen molar-refractivity contribution >= 4 is 17.7 Å². The van der Waals surface area contributed by atoms with Crippen LogP contribution in [0, 0.1) is 0 Å². The molecule has 0 aliphatic heterocycles. The number of unbranched alkanes of at least 4 members (excludes halogenated alkanes) is 5. The van der Waals surface area contributed by atoms with Gasteiger partial charge in [0.25, 0.3) is 0 Å². The van der Waals surface area contributed by atoms with Gasteiger partial charge in [-0.2, -0.15) is 0 Å². The first-order valence-electron chi connectivity index (χ1n) is 10.2. The van der Waals surface area contributed by atoms with Crippen LogP contribution in [0.5, 0.6) is 5.75 Å². The van der Waals surface area contributed by atoms with E-state index >= 15 is 0 Å². The van der Waals surface area contributed by atoms with E-state index in [0.29, 0.717) is 16.0 Å². The Morgan fingerprint density at radius 3 is 2.04 bits per heavy atom. The molecule has 1 aromatic carbocycles. The number of carboxylic acids is 1. The van der Waals surface area contributed by atoms with Crippen LogP contribution >= 0.6 is 11.8 Å². The second kappa shape index (κ2) is 9.86. The molecular formula is C23H37O3S-. The second-order valence-corrected chi connectivity index (χ2v) is 10.5. The van der Waals surface area contributed by atoms with E-state index in [1.165, 1.54) is 25.7 Å². The topological polar surface area (TPSA) is 60.4 Å². The molecule has 0 bridgehead atoms. The average Bonchev–Trinajstić information content (AvgIpc) is 2.51. The maximum absolute atomic E-state index is 13.3. The standard InChI is InChI=1S/C23H38O3S/c1-8-9-10-11-12-13-14-27-20-16(21(25)26)15-17(22(2,3)4)19(24)18(20)23(5,6)7/h15,24H,8-14H2,1-7H3,(H,25,26)/p-1. The molecule has 0 unspecified atom stereocenters. The molecule has 0 saturated heterocycles. The van der Waals surface area contributed by atoms with Crippen molar-refractivity contribution in [2.45, 2.75) is 103 Å². The van der Waals surface area contributed by atoms with Crippen LogP contribution in [0.15, 0.2) is 11.0 Å². The molecule has 0 amide bonds. The maximum Gasteiger partial charge on any atom is 0.336 e. The Hall–Kier alpha value is -1.16. The van der Waals surface area contributed by atoms with Crippen LogP contribution in [0.2, 0.25) is 0 Å². The molecule has 1 rings (SSSR count). The number of hydrogen-bond donors (Lipinski definition) is 1. The highest BCUT2D eigenvalue weighted by Crippen LogP contribution is 2.45. The molecule has 0 atom stereocenters. The summed E-state index contributed by atoms with van der Waals surface area (Å²) in [5.74, 6) is -0.0917. The quantitative estimate of drug-likeness (QED) is 0.384. The van der Waals surface area contributed by atoms with Gasteiger partial charge in [0.15, 0.2) is 0 Å². The van der Waals surface area contributed by atoms with Gasteiger partial charge in [-0.25, -0.2) is 4.79 Å². The van der Waals surface area contributed by atoms with E-state index in [4.69, 9.17) is 0 Å². The van der Waals surface area contributed by atoms with E-state index in [2.05, 4.69) is 6.92 Å². The predicted molar refractivity (Wildman–Crippen MR) is 114 cm³/mol. The van der Waals surface area contributed by atoms with E-state index in [1.807, 2.05) is 41.5 Å². The van der Waals surface area contributed by atoms with Gasteiger partial charge in [0.05, 0.1) is 5.56 Å². The Bertz CT molecular complexity index is 636. The highest BCUT2D eigenvalue weighted by molar-refractivity contribution is 7.99. The number of aromatic carboxylic acids is 1. The van der Waals surface area contributed by atoms with Gasteiger partial charge in [0.2, 0.25) is 0 Å². The molecule has 154 valence electrons. The van der Waals surface area contributed by atoms with Crippen molar-refractivity contribution in [1.82, 2.24) is 0 Å². The number of hydrogen-bond acceptors (Lipinski definition) is 3. The van der Waals surface area contributed by atoms with Crippen molar-refractivity contribution in [3.05, 3.63) is 22.8 Å². The van der Waals surface area contributed by atoms with E-state index < -0.39 is 11.4 Å².